The summed E-state index contributed by atoms with van der Waals surface area (Å²) in [5.74, 6) is 0.469. The lowest BCUT2D eigenvalue weighted by Crippen LogP contribution is -2.41. The zero-order valence-corrected chi connectivity index (χ0v) is 24.3. The van der Waals surface area contributed by atoms with Crippen molar-refractivity contribution in [2.45, 2.75) is 19.8 Å². The number of aliphatic imine (C=N–C) groups is 1. The van der Waals surface area contributed by atoms with Gasteiger partial charge in [-0.15, -0.1) is 0 Å². The lowest BCUT2D eigenvalue weighted by molar-refractivity contribution is -0.880. The Morgan fingerprint density at radius 3 is 2.71 bits per heavy atom. The van der Waals surface area contributed by atoms with Gasteiger partial charge in [-0.25, -0.2) is 9.97 Å². The number of nitro groups is 1. The third kappa shape index (κ3) is 6.94. The average Bonchev–Trinajstić information content (AvgIpc) is 3.21. The van der Waals surface area contributed by atoms with Gasteiger partial charge in [-0.3, -0.25) is 9.78 Å². The number of hydrogen-bond donors (Lipinski definition) is 1. The number of likely N-dealkylation sites (N-methyl/N-ethyl adjacent to an activating group) is 1. The lowest BCUT2D eigenvalue weighted by atomic mass is 10.1. The molecule has 0 bridgehead atoms. The van der Waals surface area contributed by atoms with Crippen molar-refractivity contribution < 1.29 is 14.2 Å². The van der Waals surface area contributed by atoms with Gasteiger partial charge in [-0.2, -0.15) is 0 Å². The van der Waals surface area contributed by atoms with Crippen LogP contribution in [0.15, 0.2) is 74.3 Å². The predicted octanol–water partition coefficient (Wildman–Crippen LogP) is 5.39. The van der Waals surface area contributed by atoms with Crippen LogP contribution in [0.25, 0.3) is 10.9 Å². The monoisotopic (exact) mass is 642 g/mol. The van der Waals surface area contributed by atoms with Crippen molar-refractivity contribution in [2.75, 3.05) is 32.5 Å². The highest BCUT2D eigenvalue weighted by atomic mass is 79.9. The number of hydrogen-bond acceptors (Lipinski definition) is 8. The number of fused-ring (bicyclic) bond motifs is 1. The number of nitrogens with one attached hydrogen (secondary N) is 1. The van der Waals surface area contributed by atoms with Crippen LogP contribution in [0.4, 0.5) is 11.5 Å². The minimum Gasteiger partial charge on any atom is -0.358 e. The van der Waals surface area contributed by atoms with Gasteiger partial charge in [0.1, 0.15) is 24.4 Å². The van der Waals surface area contributed by atoms with Gasteiger partial charge in [-0.1, -0.05) is 0 Å². The fourth-order valence-electron chi connectivity index (χ4n) is 4.18. The number of halogens is 2. The second-order valence-electron chi connectivity index (χ2n) is 9.70. The van der Waals surface area contributed by atoms with E-state index in [4.69, 9.17) is 0 Å². The van der Waals surface area contributed by atoms with Crippen LogP contribution in [0.3, 0.4) is 0 Å². The topological polar surface area (TPSA) is 123 Å². The van der Waals surface area contributed by atoms with Gasteiger partial charge in [0.05, 0.1) is 44.3 Å². The standard InChI is InChI=1S/C26H26Br2N7O3/c1-16-9-17(26(32-16)34(37)38)14-35(2,3)8-4-5-20(36)10-19-11-21-24(13-29-19)30-15-31-25(21)33-18-6-7-22(27)23(28)12-18/h4-7,11-13,15H,8-10,14H2,1-3H3,(H,30,31,33)/q+1/b5-4+. The van der Waals surface area contributed by atoms with Crippen LogP contribution in [0.2, 0.25) is 0 Å². The predicted molar refractivity (Wildman–Crippen MR) is 154 cm³/mol. The molecule has 1 N–H and O–H groups in total. The molecule has 12 heteroatoms. The number of pyridine rings is 1. The molecular weight excluding hydrogens is 618 g/mol. The number of ketones is 1. The Labute approximate surface area is 236 Å². The van der Waals surface area contributed by atoms with Crippen LogP contribution >= 0.6 is 31.9 Å². The fraction of sp³-hybridized carbons (Fsp3) is 0.269. The molecule has 0 radical (unpaired) electrons. The van der Waals surface area contributed by atoms with Crippen molar-refractivity contribution in [3.63, 3.8) is 0 Å². The maximum atomic E-state index is 12.7. The Balaban J connectivity index is 1.42. The van der Waals surface area contributed by atoms with Crippen LogP contribution in [0.1, 0.15) is 19.0 Å². The first-order valence-corrected chi connectivity index (χ1v) is 13.3. The zero-order valence-electron chi connectivity index (χ0n) is 21.1. The van der Waals surface area contributed by atoms with Crippen molar-refractivity contribution in [1.82, 2.24) is 15.0 Å². The first-order valence-electron chi connectivity index (χ1n) is 11.7. The Bertz CT molecular complexity index is 1520. The summed E-state index contributed by atoms with van der Waals surface area (Å²) in [4.78, 5) is 40.7. The molecule has 0 fully saturated rings. The summed E-state index contributed by atoms with van der Waals surface area (Å²) in [5.41, 5.74) is 3.57. The highest BCUT2D eigenvalue weighted by Gasteiger charge is 2.31. The molecule has 0 aliphatic carbocycles. The van der Waals surface area contributed by atoms with Gasteiger partial charge in [0.15, 0.2) is 5.78 Å². The summed E-state index contributed by atoms with van der Waals surface area (Å²) in [6.07, 6.45) is 7.09. The Morgan fingerprint density at radius 1 is 1.18 bits per heavy atom. The van der Waals surface area contributed by atoms with Crippen LogP contribution in [0.5, 0.6) is 0 Å². The highest BCUT2D eigenvalue weighted by molar-refractivity contribution is 9.13. The van der Waals surface area contributed by atoms with E-state index in [9.17, 15) is 14.9 Å². The summed E-state index contributed by atoms with van der Waals surface area (Å²) in [6, 6.07) is 7.61. The van der Waals surface area contributed by atoms with Gasteiger partial charge >= 0.3 is 5.82 Å². The molecule has 1 aliphatic heterocycles. The maximum Gasteiger partial charge on any atom is 0.368 e. The summed E-state index contributed by atoms with van der Waals surface area (Å²) in [7, 11) is 3.94. The van der Waals surface area contributed by atoms with E-state index in [1.165, 1.54) is 6.33 Å². The van der Waals surface area contributed by atoms with Gasteiger partial charge in [0, 0.05) is 32.1 Å². The third-order valence-corrected chi connectivity index (χ3v) is 7.77. The molecule has 196 valence electrons. The molecule has 0 saturated carbocycles. The van der Waals surface area contributed by atoms with E-state index in [1.54, 1.807) is 25.3 Å². The van der Waals surface area contributed by atoms with E-state index in [0.29, 0.717) is 46.6 Å². The quantitative estimate of drug-likeness (QED) is 0.136. The normalized spacial score (nSPS) is 13.9. The Kier molecular flexibility index (Phi) is 8.44. The van der Waals surface area contributed by atoms with E-state index in [0.717, 1.165) is 25.7 Å². The first kappa shape index (κ1) is 27.7. The van der Waals surface area contributed by atoms with E-state index in [2.05, 4.69) is 57.1 Å². The molecule has 1 aliphatic rings. The second kappa shape index (κ2) is 11.6. The molecule has 38 heavy (non-hydrogen) atoms. The summed E-state index contributed by atoms with van der Waals surface area (Å²) < 4.78 is 2.31. The van der Waals surface area contributed by atoms with Gasteiger partial charge in [-0.05, 0) is 85.1 Å². The number of quaternary nitrogens is 1. The fourth-order valence-corrected chi connectivity index (χ4v) is 4.81. The molecule has 3 aromatic rings. The second-order valence-corrected chi connectivity index (χ2v) is 11.4. The van der Waals surface area contributed by atoms with Crippen molar-refractivity contribution in [3.05, 3.63) is 85.1 Å². The third-order valence-electron chi connectivity index (χ3n) is 5.89. The molecule has 0 unspecified atom stereocenters. The smallest absolute Gasteiger partial charge is 0.358 e. The molecule has 0 amide bonds. The lowest BCUT2D eigenvalue weighted by Gasteiger charge is -2.28. The Morgan fingerprint density at radius 2 is 1.97 bits per heavy atom. The number of rotatable bonds is 10. The van der Waals surface area contributed by atoms with Crippen LogP contribution in [0, 0.1) is 10.1 Å². The average molecular weight is 644 g/mol. The number of anilines is 2. The van der Waals surface area contributed by atoms with E-state index >= 15 is 0 Å². The van der Waals surface area contributed by atoms with Gasteiger partial charge < -0.3 is 19.9 Å². The number of benzene rings is 1. The minimum absolute atomic E-state index is 0.0539. The van der Waals surface area contributed by atoms with Crippen LogP contribution in [-0.4, -0.2) is 63.0 Å². The number of nitrogens with zero attached hydrogens (tertiary/aromatic N) is 6. The SMILES string of the molecule is CC1=NC([N+](=O)[O-])=C(C[N+](C)(C)C/C=C/C(=O)Cc2cc3c(Nc4ccc(Br)c(Br)c4)ncnc3cn2)C1. The van der Waals surface area contributed by atoms with Crippen molar-refractivity contribution in [1.29, 1.82) is 0 Å². The summed E-state index contributed by atoms with van der Waals surface area (Å²) in [5, 5.41) is 15.4. The molecule has 3 heterocycles. The first-order chi connectivity index (χ1) is 18.0. The van der Waals surface area contributed by atoms with Crippen molar-refractivity contribution in [3.8, 4) is 0 Å². The molecule has 1 aromatic carbocycles. The van der Waals surface area contributed by atoms with E-state index in [-0.39, 0.29) is 18.0 Å². The summed E-state index contributed by atoms with van der Waals surface area (Å²) >= 11 is 6.97. The van der Waals surface area contributed by atoms with Crippen LogP contribution in [-0.2, 0) is 11.2 Å². The summed E-state index contributed by atoms with van der Waals surface area (Å²) in [6.45, 7) is 2.81. The molecular formula is C26H26Br2N7O3+. The zero-order chi connectivity index (χ0) is 27.4. The largest absolute Gasteiger partial charge is 0.368 e. The molecule has 10 nitrogen and oxygen atoms in total. The van der Waals surface area contributed by atoms with Gasteiger partial charge in [0.25, 0.3) is 0 Å². The van der Waals surface area contributed by atoms with E-state index in [1.807, 2.05) is 38.4 Å². The number of carbonyl (C=O) groups is 1. The number of carbonyl (C=O) groups excluding carboxylic acids is 1. The van der Waals surface area contributed by atoms with Crippen molar-refractivity contribution in [2.24, 2.45) is 4.99 Å². The highest BCUT2D eigenvalue weighted by Crippen LogP contribution is 2.29. The molecule has 0 saturated heterocycles. The number of aromatic nitrogens is 3. The van der Waals surface area contributed by atoms with Crippen molar-refractivity contribution >= 4 is 65.8 Å². The number of allylic oxidation sites excluding steroid dienone is 1. The van der Waals surface area contributed by atoms with E-state index < -0.39 is 4.92 Å². The Hall–Kier alpha value is -3.35. The molecule has 0 spiro atoms. The minimum atomic E-state index is -0.425. The van der Waals surface area contributed by atoms with Crippen LogP contribution < -0.4 is 5.32 Å². The molecule has 4 rings (SSSR count). The molecule has 0 atom stereocenters. The molecule has 2 aromatic heterocycles. The van der Waals surface area contributed by atoms with Gasteiger partial charge in [0.2, 0.25) is 0 Å². The maximum absolute atomic E-state index is 12.7.